The lowest BCUT2D eigenvalue weighted by Crippen LogP contribution is -2.46. The summed E-state index contributed by atoms with van der Waals surface area (Å²) in [6.45, 7) is 4.67. The Hall–Kier alpha value is -1.70. The first-order valence-corrected chi connectivity index (χ1v) is 10.3. The second-order valence-electron chi connectivity index (χ2n) is 10.1. The highest BCUT2D eigenvalue weighted by molar-refractivity contribution is 6.03. The highest BCUT2D eigenvalue weighted by atomic mass is 16.1. The molecule has 0 aliphatic heterocycles. The Balaban J connectivity index is 1.57. The van der Waals surface area contributed by atoms with E-state index in [1.165, 1.54) is 29.6 Å². The average Bonchev–Trinajstić information content (AvgIpc) is 3.25. The number of hydrogen-bond acceptors (Lipinski definition) is 2. The maximum atomic E-state index is 13.1. The molecule has 6 aliphatic rings. The molecule has 6 aliphatic carbocycles. The number of carbonyl (C=O) groups excluding carboxylic acids is 2. The second kappa shape index (κ2) is 4.24. The zero-order chi connectivity index (χ0) is 17.9. The minimum absolute atomic E-state index is 0.0196. The van der Waals surface area contributed by atoms with Crippen molar-refractivity contribution in [2.45, 2.75) is 65.2 Å². The number of carbonyl (C=O) groups is 2. The van der Waals surface area contributed by atoms with Gasteiger partial charge in [0, 0.05) is 17.3 Å². The number of allylic oxidation sites excluding steroid dienone is 8. The lowest BCUT2D eigenvalue weighted by Gasteiger charge is -2.53. The van der Waals surface area contributed by atoms with Crippen LogP contribution in [-0.4, -0.2) is 11.6 Å². The minimum atomic E-state index is -0.288. The van der Waals surface area contributed by atoms with Crippen LogP contribution in [0.1, 0.15) is 65.2 Å². The van der Waals surface area contributed by atoms with Crippen LogP contribution in [0.3, 0.4) is 0 Å². The van der Waals surface area contributed by atoms with Crippen LogP contribution in [0.15, 0.2) is 46.6 Å². The van der Waals surface area contributed by atoms with E-state index in [9.17, 15) is 9.59 Å². The molecule has 0 heterocycles. The lowest BCUT2D eigenvalue weighted by molar-refractivity contribution is -0.124. The fourth-order valence-corrected chi connectivity index (χ4v) is 7.34. The van der Waals surface area contributed by atoms with Crippen molar-refractivity contribution in [1.29, 1.82) is 0 Å². The number of ketones is 2. The Morgan fingerprint density at radius 3 is 2.58 bits per heavy atom. The molecule has 1 saturated carbocycles. The summed E-state index contributed by atoms with van der Waals surface area (Å²) in [7, 11) is 0. The van der Waals surface area contributed by atoms with Crippen LogP contribution in [0.2, 0.25) is 0 Å². The number of fused-ring (bicyclic) bond motifs is 4. The molecule has 134 valence electrons. The first-order valence-electron chi connectivity index (χ1n) is 10.3. The van der Waals surface area contributed by atoms with Gasteiger partial charge in [0.15, 0.2) is 11.6 Å². The topological polar surface area (TPSA) is 34.1 Å². The molecule has 2 unspecified atom stereocenters. The fraction of sp³-hybridized carbons (Fsp3) is 0.583. The van der Waals surface area contributed by atoms with Crippen molar-refractivity contribution in [2.75, 3.05) is 0 Å². The summed E-state index contributed by atoms with van der Waals surface area (Å²) < 4.78 is 0. The van der Waals surface area contributed by atoms with Crippen molar-refractivity contribution < 1.29 is 9.59 Å². The van der Waals surface area contributed by atoms with Crippen LogP contribution in [0.4, 0.5) is 0 Å². The van der Waals surface area contributed by atoms with Gasteiger partial charge in [0.2, 0.25) is 0 Å². The Bertz CT molecular complexity index is 922. The predicted octanol–water partition coefficient (Wildman–Crippen LogP) is 5.02. The first-order chi connectivity index (χ1) is 12.3. The molecule has 0 bridgehead atoms. The largest absolute Gasteiger partial charge is 0.295 e. The van der Waals surface area contributed by atoms with E-state index in [4.69, 9.17) is 0 Å². The van der Waals surface area contributed by atoms with E-state index in [2.05, 4.69) is 26.0 Å². The lowest BCUT2D eigenvalue weighted by atomic mass is 9.50. The van der Waals surface area contributed by atoms with E-state index < -0.39 is 0 Å². The Labute approximate surface area is 155 Å². The second-order valence-corrected chi connectivity index (χ2v) is 10.1. The third kappa shape index (κ3) is 1.46. The quantitative estimate of drug-likeness (QED) is 0.617. The normalized spacial score (nSPS) is 44.4. The predicted molar refractivity (Wildman–Crippen MR) is 100 cm³/mol. The van der Waals surface area contributed by atoms with E-state index in [0.29, 0.717) is 18.0 Å². The van der Waals surface area contributed by atoms with Crippen LogP contribution < -0.4 is 0 Å². The van der Waals surface area contributed by atoms with Gasteiger partial charge < -0.3 is 0 Å². The van der Waals surface area contributed by atoms with E-state index in [1.54, 1.807) is 5.57 Å². The highest BCUT2D eigenvalue weighted by Crippen LogP contribution is 2.74. The third-order valence-electron chi connectivity index (χ3n) is 9.00. The van der Waals surface area contributed by atoms with Crippen LogP contribution in [0.25, 0.3) is 0 Å². The molecule has 2 nitrogen and oxygen atoms in total. The average molecular weight is 346 g/mol. The molecule has 3 atom stereocenters. The van der Waals surface area contributed by atoms with Gasteiger partial charge in [0.25, 0.3) is 0 Å². The molecule has 26 heavy (non-hydrogen) atoms. The molecule has 0 saturated heterocycles. The van der Waals surface area contributed by atoms with Crippen molar-refractivity contribution in [3.63, 3.8) is 0 Å². The van der Waals surface area contributed by atoms with Crippen molar-refractivity contribution in [2.24, 2.45) is 21.7 Å². The SMILES string of the molecule is CC12CCC(=O)C=C1C1(CC1)CC1=C2CC[C@@]23C(=O)C=CC2(C)CC=C13. The van der Waals surface area contributed by atoms with Gasteiger partial charge in [-0.05, 0) is 73.7 Å². The van der Waals surface area contributed by atoms with Crippen molar-refractivity contribution in [3.05, 3.63) is 46.6 Å². The summed E-state index contributed by atoms with van der Waals surface area (Å²) in [4.78, 5) is 25.3. The molecule has 0 aromatic rings. The first kappa shape index (κ1) is 15.4. The number of rotatable bonds is 0. The van der Waals surface area contributed by atoms with Crippen molar-refractivity contribution in [3.8, 4) is 0 Å². The summed E-state index contributed by atoms with van der Waals surface area (Å²) >= 11 is 0. The van der Waals surface area contributed by atoms with E-state index in [-0.39, 0.29) is 21.7 Å². The minimum Gasteiger partial charge on any atom is -0.295 e. The molecule has 0 N–H and O–H groups in total. The third-order valence-corrected chi connectivity index (χ3v) is 9.00. The van der Waals surface area contributed by atoms with E-state index in [0.717, 1.165) is 32.1 Å². The molecule has 0 amide bonds. The van der Waals surface area contributed by atoms with E-state index >= 15 is 0 Å². The summed E-state index contributed by atoms with van der Waals surface area (Å²) in [5.41, 5.74) is 5.86. The van der Waals surface area contributed by atoms with Crippen LogP contribution in [0.5, 0.6) is 0 Å². The molecular formula is C24H26O2. The summed E-state index contributed by atoms with van der Waals surface area (Å²) in [5.74, 6) is 0.661. The Morgan fingerprint density at radius 1 is 1.00 bits per heavy atom. The summed E-state index contributed by atoms with van der Waals surface area (Å²) in [6, 6.07) is 0. The molecule has 1 fully saturated rings. The Kier molecular flexibility index (Phi) is 2.50. The smallest absolute Gasteiger partial charge is 0.166 e. The zero-order valence-electron chi connectivity index (χ0n) is 15.8. The molecule has 6 rings (SSSR count). The van der Waals surface area contributed by atoms with Gasteiger partial charge in [-0.3, -0.25) is 9.59 Å². The van der Waals surface area contributed by atoms with Gasteiger partial charge in [0.05, 0.1) is 5.41 Å². The van der Waals surface area contributed by atoms with Crippen LogP contribution in [-0.2, 0) is 9.59 Å². The van der Waals surface area contributed by atoms with Gasteiger partial charge in [-0.2, -0.15) is 0 Å². The summed E-state index contributed by atoms with van der Waals surface area (Å²) in [5, 5.41) is 0. The maximum absolute atomic E-state index is 13.1. The van der Waals surface area contributed by atoms with Crippen molar-refractivity contribution >= 4 is 11.6 Å². The van der Waals surface area contributed by atoms with Crippen LogP contribution >= 0.6 is 0 Å². The maximum Gasteiger partial charge on any atom is 0.166 e. The molecule has 2 heteroatoms. The Morgan fingerprint density at radius 2 is 1.81 bits per heavy atom. The molecule has 2 spiro atoms. The fourth-order valence-electron chi connectivity index (χ4n) is 7.34. The van der Waals surface area contributed by atoms with E-state index in [1.807, 2.05) is 12.2 Å². The van der Waals surface area contributed by atoms with Gasteiger partial charge in [-0.15, -0.1) is 0 Å². The number of hydrogen-bond donors (Lipinski definition) is 0. The standard InChI is InChI=1S/C24H26O2/c1-21-7-4-18-16-14-23(11-12-23)19-13-15(25)3-9-22(19,2)17(16)5-10-24(18,21)20(26)6-8-21/h4,6,8,13H,3,5,7,9-12,14H2,1-2H3/t21?,22?,24-/m1/s1. The molecule has 0 aromatic carbocycles. The van der Waals surface area contributed by atoms with Crippen molar-refractivity contribution in [1.82, 2.24) is 0 Å². The van der Waals surface area contributed by atoms with Gasteiger partial charge >= 0.3 is 0 Å². The molecule has 0 radical (unpaired) electrons. The molecule has 0 aromatic heterocycles. The van der Waals surface area contributed by atoms with Gasteiger partial charge in [-0.1, -0.05) is 37.1 Å². The van der Waals surface area contributed by atoms with Gasteiger partial charge in [-0.25, -0.2) is 0 Å². The van der Waals surface area contributed by atoms with Gasteiger partial charge in [0.1, 0.15) is 0 Å². The zero-order valence-corrected chi connectivity index (χ0v) is 15.8. The highest BCUT2D eigenvalue weighted by Gasteiger charge is 2.65. The summed E-state index contributed by atoms with van der Waals surface area (Å²) in [6.07, 6.45) is 16.5. The monoisotopic (exact) mass is 346 g/mol. The molecular weight excluding hydrogens is 320 g/mol. The van der Waals surface area contributed by atoms with Crippen LogP contribution in [0, 0.1) is 21.7 Å².